The summed E-state index contributed by atoms with van der Waals surface area (Å²) < 4.78 is 17.8. The summed E-state index contributed by atoms with van der Waals surface area (Å²) in [6.45, 7) is 0.138. The van der Waals surface area contributed by atoms with Gasteiger partial charge in [-0.25, -0.2) is 9.18 Å². The first-order valence-electron chi connectivity index (χ1n) is 5.63. The fourth-order valence-electron chi connectivity index (χ4n) is 1.47. The number of amides is 1. The van der Waals surface area contributed by atoms with Crippen LogP contribution in [0.5, 0.6) is 11.5 Å². The highest BCUT2D eigenvalue weighted by Crippen LogP contribution is 2.16. The number of phenols is 1. The van der Waals surface area contributed by atoms with Crippen molar-refractivity contribution in [1.29, 1.82) is 0 Å². The summed E-state index contributed by atoms with van der Waals surface area (Å²) in [5.41, 5.74) is 0.573. The van der Waals surface area contributed by atoms with E-state index in [9.17, 15) is 14.3 Å². The van der Waals surface area contributed by atoms with Crippen molar-refractivity contribution < 1.29 is 19.0 Å². The lowest BCUT2D eigenvalue weighted by atomic mass is 10.2. The molecule has 0 fully saturated rings. The molecule has 0 saturated carbocycles. The molecule has 98 valence electrons. The Balaban J connectivity index is 1.88. The van der Waals surface area contributed by atoms with Crippen LogP contribution in [0.3, 0.4) is 0 Å². The maximum absolute atomic E-state index is 12.8. The minimum absolute atomic E-state index is 0.138. The van der Waals surface area contributed by atoms with Gasteiger partial charge < -0.3 is 15.2 Å². The van der Waals surface area contributed by atoms with Gasteiger partial charge in [0.1, 0.15) is 5.75 Å². The molecular weight excluding hydrogens is 249 g/mol. The van der Waals surface area contributed by atoms with Gasteiger partial charge in [-0.05, 0) is 29.8 Å². The van der Waals surface area contributed by atoms with E-state index in [-0.39, 0.29) is 6.54 Å². The first kappa shape index (κ1) is 12.9. The fraction of sp³-hybridized carbons (Fsp3) is 0.0714. The van der Waals surface area contributed by atoms with E-state index in [0.29, 0.717) is 11.3 Å². The Hall–Kier alpha value is -2.56. The maximum Gasteiger partial charge on any atom is 0.412 e. The zero-order valence-corrected chi connectivity index (χ0v) is 9.97. The average Bonchev–Trinajstić information content (AvgIpc) is 2.41. The normalized spacial score (nSPS) is 9.95. The second-order valence-corrected chi connectivity index (χ2v) is 3.84. The van der Waals surface area contributed by atoms with Crippen LogP contribution in [0.2, 0.25) is 0 Å². The number of carbonyl (C=O) groups excluding carboxylic acids is 1. The van der Waals surface area contributed by atoms with Gasteiger partial charge >= 0.3 is 6.09 Å². The van der Waals surface area contributed by atoms with Crippen molar-refractivity contribution in [2.24, 2.45) is 0 Å². The van der Waals surface area contributed by atoms with Crippen LogP contribution < -0.4 is 10.1 Å². The van der Waals surface area contributed by atoms with Crippen molar-refractivity contribution in [3.05, 3.63) is 59.9 Å². The zero-order chi connectivity index (χ0) is 13.7. The van der Waals surface area contributed by atoms with Crippen LogP contribution in [-0.2, 0) is 6.54 Å². The van der Waals surface area contributed by atoms with Crippen molar-refractivity contribution in [3.8, 4) is 11.5 Å². The van der Waals surface area contributed by atoms with Crippen LogP contribution in [0.25, 0.3) is 0 Å². The quantitative estimate of drug-likeness (QED) is 0.893. The minimum Gasteiger partial charge on any atom is -0.505 e. The van der Waals surface area contributed by atoms with Crippen molar-refractivity contribution in [1.82, 2.24) is 5.32 Å². The highest BCUT2D eigenvalue weighted by molar-refractivity contribution is 5.70. The molecule has 2 N–H and O–H groups in total. The number of nitrogens with one attached hydrogen (secondary N) is 1. The lowest BCUT2D eigenvalue weighted by Crippen LogP contribution is -2.26. The van der Waals surface area contributed by atoms with Crippen LogP contribution in [0.15, 0.2) is 48.5 Å². The third kappa shape index (κ3) is 3.70. The number of ether oxygens (including phenoxy) is 1. The van der Waals surface area contributed by atoms with E-state index in [0.717, 1.165) is 6.07 Å². The molecular formula is C14H12FNO3. The summed E-state index contributed by atoms with van der Waals surface area (Å²) in [6, 6.07) is 12.5. The topological polar surface area (TPSA) is 58.6 Å². The molecule has 0 aliphatic carbocycles. The van der Waals surface area contributed by atoms with Gasteiger partial charge in [-0.1, -0.05) is 24.3 Å². The number of hydrogen-bond acceptors (Lipinski definition) is 3. The summed E-state index contributed by atoms with van der Waals surface area (Å²) in [7, 11) is 0. The van der Waals surface area contributed by atoms with Gasteiger partial charge in [0.25, 0.3) is 0 Å². The van der Waals surface area contributed by atoms with Crippen LogP contribution >= 0.6 is 0 Å². The number of hydrogen-bond donors (Lipinski definition) is 2. The minimum atomic E-state index is -0.699. The molecule has 0 bridgehead atoms. The predicted molar refractivity (Wildman–Crippen MR) is 67.4 cm³/mol. The van der Waals surface area contributed by atoms with Gasteiger partial charge in [0.05, 0.1) is 0 Å². The molecule has 4 nitrogen and oxygen atoms in total. The lowest BCUT2D eigenvalue weighted by molar-refractivity contribution is 0.200. The van der Waals surface area contributed by atoms with Gasteiger partial charge in [-0.15, -0.1) is 0 Å². The highest BCUT2D eigenvalue weighted by atomic mass is 19.1. The number of carbonyl (C=O) groups is 1. The van der Waals surface area contributed by atoms with Crippen molar-refractivity contribution in [2.45, 2.75) is 6.54 Å². The molecule has 2 aromatic carbocycles. The van der Waals surface area contributed by atoms with E-state index in [4.69, 9.17) is 4.74 Å². The van der Waals surface area contributed by atoms with E-state index in [1.807, 2.05) is 6.07 Å². The molecule has 0 aliphatic rings. The summed E-state index contributed by atoms with van der Waals surface area (Å²) in [6.07, 6.45) is -0.616. The van der Waals surface area contributed by atoms with Crippen molar-refractivity contribution in [2.75, 3.05) is 0 Å². The molecule has 0 unspecified atom stereocenters. The number of benzene rings is 2. The Bertz CT molecular complexity index is 572. The number of aromatic hydroxyl groups is 1. The molecule has 0 spiro atoms. The van der Waals surface area contributed by atoms with Crippen LogP contribution in [0, 0.1) is 5.82 Å². The average molecular weight is 261 g/mol. The molecule has 2 rings (SSSR count). The molecule has 0 atom stereocenters. The largest absolute Gasteiger partial charge is 0.505 e. The van der Waals surface area contributed by atoms with Crippen molar-refractivity contribution in [3.63, 3.8) is 0 Å². The first-order valence-corrected chi connectivity index (χ1v) is 5.63. The Kier molecular flexibility index (Phi) is 3.97. The standard InChI is InChI=1S/C14H12FNO3/c15-12-7-6-10(8-13(12)17)9-16-14(18)19-11-4-2-1-3-5-11/h1-8,17H,9H2,(H,16,18). The van der Waals surface area contributed by atoms with E-state index in [2.05, 4.69) is 5.32 Å². The summed E-state index contributed by atoms with van der Waals surface area (Å²) in [4.78, 5) is 11.5. The smallest absolute Gasteiger partial charge is 0.412 e. The monoisotopic (exact) mass is 261 g/mol. The molecule has 0 aliphatic heterocycles. The van der Waals surface area contributed by atoms with Gasteiger partial charge in [-0.3, -0.25) is 0 Å². The summed E-state index contributed by atoms with van der Waals surface area (Å²) in [5, 5.41) is 11.7. The fourth-order valence-corrected chi connectivity index (χ4v) is 1.47. The second kappa shape index (κ2) is 5.86. The highest BCUT2D eigenvalue weighted by Gasteiger charge is 2.05. The first-order chi connectivity index (χ1) is 9.15. The van der Waals surface area contributed by atoms with Gasteiger partial charge in [0, 0.05) is 6.54 Å². The number of para-hydroxylation sites is 1. The second-order valence-electron chi connectivity index (χ2n) is 3.84. The molecule has 0 aromatic heterocycles. The molecule has 19 heavy (non-hydrogen) atoms. The third-order valence-corrected chi connectivity index (χ3v) is 2.40. The molecule has 5 heteroatoms. The number of rotatable bonds is 3. The Morgan fingerprint density at radius 1 is 1.21 bits per heavy atom. The Morgan fingerprint density at radius 3 is 2.63 bits per heavy atom. The van der Waals surface area contributed by atoms with E-state index in [1.54, 1.807) is 24.3 Å². The lowest BCUT2D eigenvalue weighted by Gasteiger charge is -2.07. The number of phenolic OH excluding ortho intramolecular Hbond substituents is 1. The van der Waals surface area contributed by atoms with Crippen LogP contribution in [0.4, 0.5) is 9.18 Å². The molecule has 2 aromatic rings. The summed E-state index contributed by atoms with van der Waals surface area (Å²) >= 11 is 0. The molecule has 0 heterocycles. The van der Waals surface area contributed by atoms with E-state index >= 15 is 0 Å². The SMILES string of the molecule is O=C(NCc1ccc(F)c(O)c1)Oc1ccccc1. The molecule has 1 amide bonds. The van der Waals surface area contributed by atoms with Crippen LogP contribution in [-0.4, -0.2) is 11.2 Å². The van der Waals surface area contributed by atoms with E-state index < -0.39 is 17.7 Å². The number of halogens is 1. The van der Waals surface area contributed by atoms with Crippen LogP contribution in [0.1, 0.15) is 5.56 Å². The maximum atomic E-state index is 12.8. The Labute approximate surface area is 109 Å². The Morgan fingerprint density at radius 2 is 1.95 bits per heavy atom. The van der Waals surface area contributed by atoms with Crippen molar-refractivity contribution >= 4 is 6.09 Å². The third-order valence-electron chi connectivity index (χ3n) is 2.40. The zero-order valence-electron chi connectivity index (χ0n) is 9.97. The molecule has 0 radical (unpaired) electrons. The molecule has 0 saturated heterocycles. The van der Waals surface area contributed by atoms with Gasteiger partial charge in [0.15, 0.2) is 11.6 Å². The predicted octanol–water partition coefficient (Wildman–Crippen LogP) is 2.82. The van der Waals surface area contributed by atoms with Gasteiger partial charge in [-0.2, -0.15) is 0 Å². The van der Waals surface area contributed by atoms with E-state index in [1.165, 1.54) is 12.1 Å². The van der Waals surface area contributed by atoms with Gasteiger partial charge in [0.2, 0.25) is 0 Å². The summed E-state index contributed by atoms with van der Waals surface area (Å²) in [5.74, 6) is -0.715.